The number of ether oxygens (including phenoxy) is 3. The topological polar surface area (TPSA) is 27.7 Å². The molecule has 0 aromatic carbocycles. The van der Waals surface area contributed by atoms with Gasteiger partial charge in [-0.1, -0.05) is 38.5 Å². The van der Waals surface area contributed by atoms with E-state index in [-0.39, 0.29) is 0 Å². The molecular formula is C26H46O3. The molecule has 0 N–H and O–H groups in total. The molecule has 4 atom stereocenters. The first-order valence-corrected chi connectivity index (χ1v) is 13.2. The van der Waals surface area contributed by atoms with Crippen LogP contribution in [0.3, 0.4) is 0 Å². The molecule has 0 spiro atoms. The highest BCUT2D eigenvalue weighted by Crippen LogP contribution is 2.42. The monoisotopic (exact) mass is 406 g/mol. The van der Waals surface area contributed by atoms with Gasteiger partial charge in [0.05, 0.1) is 25.4 Å². The molecule has 168 valence electrons. The Kier molecular flexibility index (Phi) is 9.18. The smallest absolute Gasteiger partial charge is 0.0704 e. The van der Waals surface area contributed by atoms with Crippen LogP contribution < -0.4 is 0 Å². The van der Waals surface area contributed by atoms with Crippen LogP contribution in [0.15, 0.2) is 0 Å². The van der Waals surface area contributed by atoms with E-state index in [4.69, 9.17) is 14.2 Å². The van der Waals surface area contributed by atoms with Crippen molar-refractivity contribution in [3.05, 3.63) is 0 Å². The summed E-state index contributed by atoms with van der Waals surface area (Å²) in [6.45, 7) is 3.58. The van der Waals surface area contributed by atoms with Gasteiger partial charge in [0.2, 0.25) is 0 Å². The van der Waals surface area contributed by atoms with Crippen LogP contribution in [0.25, 0.3) is 0 Å². The van der Waals surface area contributed by atoms with Crippen LogP contribution in [0, 0.1) is 23.7 Å². The van der Waals surface area contributed by atoms with Gasteiger partial charge in [-0.15, -0.1) is 0 Å². The molecule has 4 unspecified atom stereocenters. The van der Waals surface area contributed by atoms with Crippen molar-refractivity contribution in [1.82, 2.24) is 0 Å². The van der Waals surface area contributed by atoms with Gasteiger partial charge in [0.1, 0.15) is 0 Å². The minimum atomic E-state index is 0.481. The van der Waals surface area contributed by atoms with Gasteiger partial charge in [-0.2, -0.15) is 0 Å². The molecule has 4 aliphatic carbocycles. The second kappa shape index (κ2) is 12.1. The molecule has 0 aromatic heterocycles. The average molecular weight is 407 g/mol. The van der Waals surface area contributed by atoms with Gasteiger partial charge in [-0.3, -0.25) is 0 Å². The lowest BCUT2D eigenvalue weighted by Gasteiger charge is -2.42. The van der Waals surface area contributed by atoms with E-state index in [1.54, 1.807) is 0 Å². The summed E-state index contributed by atoms with van der Waals surface area (Å²) in [7, 11) is 0. The van der Waals surface area contributed by atoms with Gasteiger partial charge in [0.15, 0.2) is 0 Å². The predicted molar refractivity (Wildman–Crippen MR) is 118 cm³/mol. The maximum Gasteiger partial charge on any atom is 0.0704 e. The first-order chi connectivity index (χ1) is 14.4. The van der Waals surface area contributed by atoms with Crippen molar-refractivity contribution >= 4 is 0 Å². The Morgan fingerprint density at radius 2 is 1.03 bits per heavy atom. The molecule has 0 saturated heterocycles. The molecule has 0 heterocycles. The van der Waals surface area contributed by atoms with E-state index in [0.717, 1.165) is 50.1 Å². The quantitative estimate of drug-likeness (QED) is 0.407. The normalized spacial score (nSPS) is 34.8. The third kappa shape index (κ3) is 7.21. The Morgan fingerprint density at radius 3 is 1.66 bits per heavy atom. The van der Waals surface area contributed by atoms with Crippen LogP contribution >= 0.6 is 0 Å². The average Bonchev–Trinajstić information content (AvgIpc) is 2.79. The summed E-state index contributed by atoms with van der Waals surface area (Å²) in [6, 6.07) is 0. The second-order valence-electron chi connectivity index (χ2n) is 10.7. The molecule has 0 aliphatic heterocycles. The molecule has 3 heteroatoms. The van der Waals surface area contributed by atoms with Gasteiger partial charge >= 0.3 is 0 Å². The van der Waals surface area contributed by atoms with Gasteiger partial charge in [0.25, 0.3) is 0 Å². The molecule has 4 rings (SSSR count). The number of hydrogen-bond acceptors (Lipinski definition) is 3. The largest absolute Gasteiger partial charge is 0.379 e. The van der Waals surface area contributed by atoms with E-state index in [1.165, 1.54) is 103 Å². The number of fused-ring (bicyclic) bond motifs is 1. The highest BCUT2D eigenvalue weighted by atomic mass is 16.5. The highest BCUT2D eigenvalue weighted by molar-refractivity contribution is 4.87. The van der Waals surface area contributed by atoms with Crippen molar-refractivity contribution in [2.75, 3.05) is 26.4 Å². The fourth-order valence-electron chi connectivity index (χ4n) is 6.61. The Morgan fingerprint density at radius 1 is 0.483 bits per heavy atom. The summed E-state index contributed by atoms with van der Waals surface area (Å²) in [5, 5.41) is 0. The Balaban J connectivity index is 1.06. The van der Waals surface area contributed by atoms with Crippen LogP contribution in [0.2, 0.25) is 0 Å². The van der Waals surface area contributed by atoms with Crippen LogP contribution in [0.5, 0.6) is 0 Å². The summed E-state index contributed by atoms with van der Waals surface area (Å²) >= 11 is 0. The van der Waals surface area contributed by atoms with Crippen molar-refractivity contribution in [3.8, 4) is 0 Å². The lowest BCUT2D eigenvalue weighted by molar-refractivity contribution is -0.0680. The SMILES string of the molecule is C1CCC(COCCOC2CCC3CC(OCC4CCCCC4)CCC3C2)CC1. The van der Waals surface area contributed by atoms with Gasteiger partial charge < -0.3 is 14.2 Å². The third-order valence-corrected chi connectivity index (χ3v) is 8.47. The zero-order valence-corrected chi connectivity index (χ0v) is 18.8. The zero-order valence-electron chi connectivity index (χ0n) is 18.8. The maximum absolute atomic E-state index is 6.39. The van der Waals surface area contributed by atoms with E-state index in [2.05, 4.69) is 0 Å². The first kappa shape index (κ1) is 22.1. The molecule has 0 bridgehead atoms. The van der Waals surface area contributed by atoms with Gasteiger partial charge in [-0.25, -0.2) is 0 Å². The standard InChI is InChI=1S/C26H46O3/c1-3-7-21(8-4-1)19-27-15-16-28-25-13-11-24-18-26(14-12-23(24)17-25)29-20-22-9-5-2-6-10-22/h21-26H,1-20H2. The van der Waals surface area contributed by atoms with Gasteiger partial charge in [-0.05, 0) is 87.9 Å². The summed E-state index contributed by atoms with van der Waals surface area (Å²) in [5.41, 5.74) is 0. The third-order valence-electron chi connectivity index (χ3n) is 8.47. The lowest BCUT2D eigenvalue weighted by atomic mass is 9.69. The Hall–Kier alpha value is -0.120. The molecule has 4 saturated carbocycles. The molecule has 4 fully saturated rings. The van der Waals surface area contributed by atoms with E-state index in [1.807, 2.05) is 0 Å². The Bertz CT molecular complexity index is 441. The summed E-state index contributed by atoms with van der Waals surface area (Å²) in [4.78, 5) is 0. The molecule has 0 amide bonds. The summed E-state index contributed by atoms with van der Waals surface area (Å²) in [5.74, 6) is 3.44. The first-order valence-electron chi connectivity index (χ1n) is 13.2. The van der Waals surface area contributed by atoms with Crippen molar-refractivity contribution in [2.45, 2.75) is 115 Å². The van der Waals surface area contributed by atoms with E-state index >= 15 is 0 Å². The second-order valence-corrected chi connectivity index (χ2v) is 10.7. The minimum Gasteiger partial charge on any atom is -0.379 e. The molecule has 3 nitrogen and oxygen atoms in total. The minimum absolute atomic E-state index is 0.481. The van der Waals surface area contributed by atoms with Crippen LogP contribution in [0.1, 0.15) is 103 Å². The van der Waals surface area contributed by atoms with Crippen molar-refractivity contribution < 1.29 is 14.2 Å². The fourth-order valence-corrected chi connectivity index (χ4v) is 6.61. The highest BCUT2D eigenvalue weighted by Gasteiger charge is 2.36. The molecule has 4 aliphatic rings. The van der Waals surface area contributed by atoms with Crippen molar-refractivity contribution in [1.29, 1.82) is 0 Å². The van der Waals surface area contributed by atoms with E-state index in [0.29, 0.717) is 12.2 Å². The zero-order chi connectivity index (χ0) is 19.7. The summed E-state index contributed by atoms with van der Waals surface area (Å²) < 4.78 is 18.5. The van der Waals surface area contributed by atoms with E-state index in [9.17, 15) is 0 Å². The predicted octanol–water partition coefficient (Wildman–Crippen LogP) is 6.53. The van der Waals surface area contributed by atoms with Crippen molar-refractivity contribution in [3.63, 3.8) is 0 Å². The molecule has 0 radical (unpaired) electrons. The van der Waals surface area contributed by atoms with Crippen LogP contribution in [0.4, 0.5) is 0 Å². The molecular weight excluding hydrogens is 360 g/mol. The lowest BCUT2D eigenvalue weighted by Crippen LogP contribution is -2.37. The van der Waals surface area contributed by atoms with Crippen molar-refractivity contribution in [2.24, 2.45) is 23.7 Å². The molecule has 29 heavy (non-hydrogen) atoms. The Labute approximate surface area is 179 Å². The van der Waals surface area contributed by atoms with Crippen LogP contribution in [-0.4, -0.2) is 38.6 Å². The van der Waals surface area contributed by atoms with Gasteiger partial charge in [0, 0.05) is 13.2 Å². The number of rotatable bonds is 9. The van der Waals surface area contributed by atoms with Crippen LogP contribution in [-0.2, 0) is 14.2 Å². The fraction of sp³-hybridized carbons (Fsp3) is 1.00. The number of hydrogen-bond donors (Lipinski definition) is 0. The molecule has 0 aromatic rings. The maximum atomic E-state index is 6.39. The van der Waals surface area contributed by atoms with E-state index < -0.39 is 0 Å². The summed E-state index contributed by atoms with van der Waals surface area (Å²) in [6.07, 6.45) is 23.0.